The second-order valence-electron chi connectivity index (χ2n) is 8.07. The van der Waals surface area contributed by atoms with Gasteiger partial charge in [-0.3, -0.25) is 9.59 Å². The predicted octanol–water partition coefficient (Wildman–Crippen LogP) is 4.33. The Morgan fingerprint density at radius 1 is 1.12 bits per heavy atom. The summed E-state index contributed by atoms with van der Waals surface area (Å²) < 4.78 is 10.9. The Bertz CT molecular complexity index is 1230. The maximum atomic E-state index is 13.2. The number of benzene rings is 2. The number of Topliss-reactive ketones (excluding diaryl/α,β-unsaturated/α-hetero) is 1. The normalized spacial score (nSPS) is 17.8. The molecule has 0 saturated carbocycles. The minimum Gasteiger partial charge on any atom is -0.507 e. The van der Waals surface area contributed by atoms with Crippen LogP contribution < -0.4 is 4.74 Å². The van der Waals surface area contributed by atoms with Crippen LogP contribution in [0.3, 0.4) is 0 Å². The van der Waals surface area contributed by atoms with Crippen molar-refractivity contribution in [2.45, 2.75) is 26.3 Å². The maximum absolute atomic E-state index is 13.2. The van der Waals surface area contributed by atoms with Crippen LogP contribution in [0.1, 0.15) is 36.2 Å². The smallest absolute Gasteiger partial charge is 0.295 e. The minimum absolute atomic E-state index is 0.0663. The lowest BCUT2D eigenvalue weighted by Crippen LogP contribution is -2.32. The number of H-pyrrole nitrogens is 1. The van der Waals surface area contributed by atoms with Crippen LogP contribution in [0.15, 0.2) is 54.1 Å². The van der Waals surface area contributed by atoms with Crippen molar-refractivity contribution in [2.24, 2.45) is 0 Å². The summed E-state index contributed by atoms with van der Waals surface area (Å²) in [6, 6.07) is 13.9. The molecular formula is C26H28N2O5. The van der Waals surface area contributed by atoms with Crippen molar-refractivity contribution in [1.29, 1.82) is 0 Å². The monoisotopic (exact) mass is 448 g/mol. The zero-order valence-electron chi connectivity index (χ0n) is 19.1. The molecule has 7 nitrogen and oxygen atoms in total. The number of fused-ring (bicyclic) bond motifs is 1. The van der Waals surface area contributed by atoms with E-state index in [-0.39, 0.29) is 24.5 Å². The van der Waals surface area contributed by atoms with Crippen molar-refractivity contribution in [3.05, 3.63) is 70.9 Å². The molecular weight excluding hydrogens is 420 g/mol. The fourth-order valence-corrected chi connectivity index (χ4v) is 4.36. The number of para-hydroxylation sites is 1. The van der Waals surface area contributed by atoms with Crippen LogP contribution in [-0.4, -0.2) is 53.5 Å². The first-order chi connectivity index (χ1) is 16.0. The Morgan fingerprint density at radius 3 is 2.67 bits per heavy atom. The first kappa shape index (κ1) is 22.6. The third-order valence-corrected chi connectivity index (χ3v) is 5.87. The zero-order valence-corrected chi connectivity index (χ0v) is 19.1. The summed E-state index contributed by atoms with van der Waals surface area (Å²) in [5.74, 6) is -0.987. The van der Waals surface area contributed by atoms with Gasteiger partial charge in [0.25, 0.3) is 11.7 Å². The quantitative estimate of drug-likeness (QED) is 0.304. The van der Waals surface area contributed by atoms with Gasteiger partial charge in [-0.15, -0.1) is 0 Å². The minimum atomic E-state index is -0.739. The van der Waals surface area contributed by atoms with E-state index in [2.05, 4.69) is 4.98 Å². The van der Waals surface area contributed by atoms with Gasteiger partial charge in [0.2, 0.25) is 0 Å². The maximum Gasteiger partial charge on any atom is 0.295 e. The van der Waals surface area contributed by atoms with E-state index in [9.17, 15) is 14.7 Å². The molecule has 0 spiro atoms. The molecule has 1 saturated heterocycles. The number of carbonyl (C=O) groups is 2. The van der Waals surface area contributed by atoms with Crippen molar-refractivity contribution < 1.29 is 24.2 Å². The number of aliphatic hydroxyl groups excluding tert-OH is 1. The van der Waals surface area contributed by atoms with E-state index in [1.165, 1.54) is 4.90 Å². The van der Waals surface area contributed by atoms with Crippen LogP contribution in [0.5, 0.6) is 5.75 Å². The Hall–Kier alpha value is -3.58. The van der Waals surface area contributed by atoms with Crippen LogP contribution in [0.2, 0.25) is 0 Å². The molecule has 1 fully saturated rings. The van der Waals surface area contributed by atoms with Crippen LogP contribution in [0.4, 0.5) is 0 Å². The first-order valence-corrected chi connectivity index (χ1v) is 11.1. The molecule has 1 atom stereocenters. The number of aromatic amines is 1. The van der Waals surface area contributed by atoms with Gasteiger partial charge in [-0.2, -0.15) is 0 Å². The number of methoxy groups -OCH3 is 1. The molecule has 0 bridgehead atoms. The van der Waals surface area contributed by atoms with Crippen LogP contribution in [0, 0.1) is 6.92 Å². The Morgan fingerprint density at radius 2 is 1.91 bits per heavy atom. The van der Waals surface area contributed by atoms with Gasteiger partial charge < -0.3 is 24.5 Å². The van der Waals surface area contributed by atoms with Gasteiger partial charge in [-0.25, -0.2) is 0 Å². The number of amides is 1. The van der Waals surface area contributed by atoms with Crippen LogP contribution in [-0.2, 0) is 14.3 Å². The standard InChI is InChI=1S/C26H28N2O5/c1-4-13-33-18-9-7-8-17(15-18)24(29)22-23(28(12-14-32-3)26(31)25(22)30)21-16(2)27-20-11-6-5-10-19(20)21/h5-11,15,23,27,29H,4,12-14H2,1-3H3/b24-22+. The zero-order chi connectivity index (χ0) is 23.5. The van der Waals surface area contributed by atoms with Crippen molar-refractivity contribution in [3.8, 4) is 5.75 Å². The Balaban J connectivity index is 1.90. The summed E-state index contributed by atoms with van der Waals surface area (Å²) in [6.45, 7) is 4.95. The number of carbonyl (C=O) groups excluding carboxylic acids is 2. The van der Waals surface area contributed by atoms with Crippen LogP contribution in [0.25, 0.3) is 16.7 Å². The Labute approximate surface area is 192 Å². The molecule has 1 amide bonds. The molecule has 1 aliphatic rings. The number of nitrogens with one attached hydrogen (secondary N) is 1. The number of ketones is 1. The van der Waals surface area contributed by atoms with Crippen molar-refractivity contribution >= 4 is 28.4 Å². The SMILES string of the molecule is CCCOc1cccc(/C(O)=C2\C(=O)C(=O)N(CCOC)C2c2c(C)[nH]c3ccccc23)c1. The van der Waals surface area contributed by atoms with E-state index in [0.717, 1.165) is 28.6 Å². The van der Waals surface area contributed by atoms with E-state index in [1.54, 1.807) is 31.4 Å². The van der Waals surface area contributed by atoms with Gasteiger partial charge in [0.15, 0.2) is 0 Å². The van der Waals surface area contributed by atoms with Crippen LogP contribution >= 0.6 is 0 Å². The van der Waals surface area contributed by atoms with E-state index in [0.29, 0.717) is 17.9 Å². The molecule has 0 aliphatic carbocycles. The summed E-state index contributed by atoms with van der Waals surface area (Å²) in [5.41, 5.74) is 3.02. The third kappa shape index (κ3) is 4.12. The van der Waals surface area contributed by atoms with Gasteiger partial charge in [0.05, 0.1) is 24.8 Å². The second kappa shape index (κ2) is 9.50. The van der Waals surface area contributed by atoms with Gasteiger partial charge in [0.1, 0.15) is 11.5 Å². The highest BCUT2D eigenvalue weighted by atomic mass is 16.5. The predicted molar refractivity (Wildman–Crippen MR) is 126 cm³/mol. The lowest BCUT2D eigenvalue weighted by Gasteiger charge is -2.25. The first-order valence-electron chi connectivity index (χ1n) is 11.1. The molecule has 7 heteroatoms. The molecule has 4 rings (SSSR count). The lowest BCUT2D eigenvalue weighted by molar-refractivity contribution is -0.140. The second-order valence-corrected chi connectivity index (χ2v) is 8.07. The molecule has 1 unspecified atom stereocenters. The molecule has 2 N–H and O–H groups in total. The molecule has 2 heterocycles. The van der Waals surface area contributed by atoms with E-state index in [4.69, 9.17) is 9.47 Å². The van der Waals surface area contributed by atoms with E-state index < -0.39 is 17.7 Å². The number of nitrogens with zero attached hydrogens (tertiary/aromatic N) is 1. The summed E-state index contributed by atoms with van der Waals surface area (Å²) in [5, 5.41) is 12.2. The fraction of sp³-hybridized carbons (Fsp3) is 0.308. The molecule has 1 aromatic heterocycles. The van der Waals surface area contributed by atoms with Crippen molar-refractivity contribution in [3.63, 3.8) is 0 Å². The topological polar surface area (TPSA) is 91.9 Å². The largest absolute Gasteiger partial charge is 0.507 e. The lowest BCUT2D eigenvalue weighted by atomic mass is 9.93. The molecule has 33 heavy (non-hydrogen) atoms. The highest BCUT2D eigenvalue weighted by Crippen LogP contribution is 2.43. The van der Waals surface area contributed by atoms with Gasteiger partial charge in [-0.1, -0.05) is 37.3 Å². The number of hydrogen-bond donors (Lipinski definition) is 2. The fourth-order valence-electron chi connectivity index (χ4n) is 4.36. The number of likely N-dealkylation sites (tertiary alicyclic amines) is 1. The number of rotatable bonds is 8. The molecule has 172 valence electrons. The average molecular weight is 449 g/mol. The Kier molecular flexibility index (Phi) is 6.51. The molecule has 1 aliphatic heterocycles. The van der Waals surface area contributed by atoms with Gasteiger partial charge in [0, 0.05) is 41.4 Å². The van der Waals surface area contributed by atoms with Crippen molar-refractivity contribution in [2.75, 3.05) is 26.9 Å². The van der Waals surface area contributed by atoms with E-state index >= 15 is 0 Å². The summed E-state index contributed by atoms with van der Waals surface area (Å²) in [4.78, 5) is 31.1. The molecule has 0 radical (unpaired) electrons. The summed E-state index contributed by atoms with van der Waals surface area (Å²) in [7, 11) is 1.55. The van der Waals surface area contributed by atoms with Crippen molar-refractivity contribution in [1.82, 2.24) is 9.88 Å². The highest BCUT2D eigenvalue weighted by Gasteiger charge is 2.47. The number of hydrogen-bond acceptors (Lipinski definition) is 5. The third-order valence-electron chi connectivity index (χ3n) is 5.87. The molecule has 2 aromatic carbocycles. The average Bonchev–Trinajstić information content (AvgIpc) is 3.28. The molecule has 3 aromatic rings. The van der Waals surface area contributed by atoms with E-state index in [1.807, 2.05) is 38.1 Å². The number of aromatic nitrogens is 1. The summed E-state index contributed by atoms with van der Waals surface area (Å²) in [6.07, 6.45) is 0.848. The number of aliphatic hydroxyl groups is 1. The number of aryl methyl sites for hydroxylation is 1. The number of ether oxygens (including phenoxy) is 2. The summed E-state index contributed by atoms with van der Waals surface area (Å²) >= 11 is 0. The highest BCUT2D eigenvalue weighted by molar-refractivity contribution is 6.46. The van der Waals surface area contributed by atoms with Gasteiger partial charge >= 0.3 is 0 Å². The van der Waals surface area contributed by atoms with Gasteiger partial charge in [-0.05, 0) is 31.5 Å².